The van der Waals surface area contributed by atoms with Gasteiger partial charge in [-0.25, -0.2) is 4.98 Å². The Kier molecular flexibility index (Phi) is 3.25. The van der Waals surface area contributed by atoms with E-state index >= 15 is 0 Å². The maximum absolute atomic E-state index is 13.1. The van der Waals surface area contributed by atoms with Gasteiger partial charge >= 0.3 is 10.2 Å². The zero-order chi connectivity index (χ0) is 15.4. The second-order valence-corrected chi connectivity index (χ2v) is 7.78. The fourth-order valence-electron chi connectivity index (χ4n) is 2.38. The number of carbonyl (C=O) groups is 1. The molecule has 1 aliphatic heterocycles. The fourth-order valence-corrected chi connectivity index (χ4v) is 4.10. The topological polar surface area (TPSA) is 67.3 Å². The lowest BCUT2D eigenvalue weighted by atomic mass is 10.1. The number of nitrogens with zero attached hydrogens (tertiary/aromatic N) is 2. The van der Waals surface area contributed by atoms with Crippen LogP contribution in [0, 0.1) is 13.8 Å². The molecular formula is C13H13FN2O3S2. The molecule has 0 bridgehead atoms. The highest BCUT2D eigenvalue weighted by Crippen LogP contribution is 2.34. The number of fused-ring (bicyclic) bond motifs is 1. The molecule has 1 atom stereocenters. The first kappa shape index (κ1) is 14.4. The second kappa shape index (κ2) is 4.74. The van der Waals surface area contributed by atoms with E-state index < -0.39 is 21.4 Å². The van der Waals surface area contributed by atoms with Crippen molar-refractivity contribution in [3.05, 3.63) is 23.3 Å². The molecule has 0 spiro atoms. The SMILES string of the molecule is Cc1ccc2sc(N3CC(S(=O)(=O)F)CC3=O)nc2c1C. The van der Waals surface area contributed by atoms with Crippen LogP contribution in [0.4, 0.5) is 9.02 Å². The number of rotatable bonds is 2. The number of amides is 1. The van der Waals surface area contributed by atoms with Crippen LogP contribution < -0.4 is 4.90 Å². The number of benzene rings is 1. The van der Waals surface area contributed by atoms with E-state index in [1.807, 2.05) is 26.0 Å². The first-order valence-electron chi connectivity index (χ1n) is 6.38. The van der Waals surface area contributed by atoms with E-state index in [2.05, 4.69) is 4.98 Å². The monoisotopic (exact) mass is 328 g/mol. The highest BCUT2D eigenvalue weighted by molar-refractivity contribution is 7.87. The van der Waals surface area contributed by atoms with E-state index in [4.69, 9.17) is 0 Å². The van der Waals surface area contributed by atoms with Gasteiger partial charge in [-0.2, -0.15) is 8.42 Å². The van der Waals surface area contributed by atoms with Crippen LogP contribution >= 0.6 is 11.3 Å². The van der Waals surface area contributed by atoms with Crippen LogP contribution in [-0.4, -0.2) is 31.1 Å². The van der Waals surface area contributed by atoms with Crippen LogP contribution in [0.5, 0.6) is 0 Å². The van der Waals surface area contributed by atoms with Crippen molar-refractivity contribution in [2.24, 2.45) is 0 Å². The van der Waals surface area contributed by atoms with Crippen molar-refractivity contribution >= 4 is 42.8 Å². The van der Waals surface area contributed by atoms with Gasteiger partial charge in [-0.15, -0.1) is 3.89 Å². The van der Waals surface area contributed by atoms with Crippen LogP contribution in [0.3, 0.4) is 0 Å². The van der Waals surface area contributed by atoms with Gasteiger partial charge in [0.25, 0.3) is 0 Å². The molecule has 1 saturated heterocycles. The maximum atomic E-state index is 13.1. The summed E-state index contributed by atoms with van der Waals surface area (Å²) in [7, 11) is -4.71. The van der Waals surface area contributed by atoms with Gasteiger partial charge in [0.15, 0.2) is 5.13 Å². The summed E-state index contributed by atoms with van der Waals surface area (Å²) in [6.45, 7) is 3.75. The normalized spacial score (nSPS) is 19.7. The molecule has 0 aliphatic carbocycles. The Bertz CT molecular complexity index is 844. The number of aryl methyl sites for hydroxylation is 2. The summed E-state index contributed by atoms with van der Waals surface area (Å²) in [6.07, 6.45) is -0.327. The van der Waals surface area contributed by atoms with Crippen molar-refractivity contribution in [3.8, 4) is 0 Å². The van der Waals surface area contributed by atoms with Gasteiger partial charge in [0.1, 0.15) is 5.25 Å². The van der Waals surface area contributed by atoms with Crippen molar-refractivity contribution in [3.63, 3.8) is 0 Å². The molecule has 0 radical (unpaired) electrons. The van der Waals surface area contributed by atoms with Gasteiger partial charge in [0, 0.05) is 13.0 Å². The van der Waals surface area contributed by atoms with Crippen LogP contribution in [0.25, 0.3) is 10.2 Å². The van der Waals surface area contributed by atoms with Crippen molar-refractivity contribution in [1.82, 2.24) is 4.98 Å². The Hall–Kier alpha value is -1.54. The van der Waals surface area contributed by atoms with Gasteiger partial charge in [-0.1, -0.05) is 17.4 Å². The summed E-state index contributed by atoms with van der Waals surface area (Å²) >= 11 is 1.31. The lowest BCUT2D eigenvalue weighted by molar-refractivity contribution is -0.117. The minimum absolute atomic E-state index is 0.171. The minimum atomic E-state index is -4.71. The van der Waals surface area contributed by atoms with Crippen molar-refractivity contribution in [2.75, 3.05) is 11.4 Å². The van der Waals surface area contributed by atoms with Crippen molar-refractivity contribution in [2.45, 2.75) is 25.5 Å². The standard InChI is InChI=1S/C13H13FN2O3S2/c1-7-3-4-10-12(8(7)2)15-13(20-10)16-6-9(5-11(16)17)21(14,18)19/h3-4,9H,5-6H2,1-2H3. The number of aromatic nitrogens is 1. The number of thiazole rings is 1. The third kappa shape index (κ3) is 2.42. The van der Waals surface area contributed by atoms with Crippen LogP contribution in [0.1, 0.15) is 17.5 Å². The van der Waals surface area contributed by atoms with E-state index in [0.717, 1.165) is 21.3 Å². The van der Waals surface area contributed by atoms with E-state index in [9.17, 15) is 17.1 Å². The average Bonchev–Trinajstić information content (AvgIpc) is 2.97. The van der Waals surface area contributed by atoms with Gasteiger partial charge < -0.3 is 0 Å². The Morgan fingerprint density at radius 3 is 2.71 bits per heavy atom. The zero-order valence-corrected chi connectivity index (χ0v) is 13.1. The highest BCUT2D eigenvalue weighted by atomic mass is 32.3. The molecule has 2 aromatic rings. The molecule has 3 rings (SSSR count). The van der Waals surface area contributed by atoms with Crippen LogP contribution in [0.2, 0.25) is 0 Å². The van der Waals surface area contributed by atoms with Gasteiger partial charge in [-0.05, 0) is 31.0 Å². The summed E-state index contributed by atoms with van der Waals surface area (Å²) in [5, 5.41) is -0.866. The Labute approximate surface area is 125 Å². The zero-order valence-electron chi connectivity index (χ0n) is 11.5. The smallest absolute Gasteiger partial charge is 0.287 e. The van der Waals surface area contributed by atoms with E-state index in [1.54, 1.807) is 0 Å². The predicted molar refractivity (Wildman–Crippen MR) is 79.9 cm³/mol. The fraction of sp³-hybridized carbons (Fsp3) is 0.385. The summed E-state index contributed by atoms with van der Waals surface area (Å²) < 4.78 is 35.9. The Morgan fingerprint density at radius 2 is 2.10 bits per heavy atom. The molecule has 1 fully saturated rings. The molecule has 1 aromatic heterocycles. The molecule has 0 saturated carbocycles. The predicted octanol–water partition coefficient (Wildman–Crippen LogP) is 2.32. The number of halogens is 1. The molecule has 5 nitrogen and oxygen atoms in total. The average molecular weight is 328 g/mol. The molecule has 1 unspecified atom stereocenters. The maximum Gasteiger partial charge on any atom is 0.307 e. The van der Waals surface area contributed by atoms with Crippen molar-refractivity contribution in [1.29, 1.82) is 0 Å². The Balaban J connectivity index is 2.02. The van der Waals surface area contributed by atoms with Crippen molar-refractivity contribution < 1.29 is 17.1 Å². The number of carbonyl (C=O) groups excluding carboxylic acids is 1. The lowest BCUT2D eigenvalue weighted by Crippen LogP contribution is -2.26. The molecular weight excluding hydrogens is 315 g/mol. The quantitative estimate of drug-likeness (QED) is 0.794. The largest absolute Gasteiger partial charge is 0.307 e. The minimum Gasteiger partial charge on any atom is -0.287 e. The number of hydrogen-bond donors (Lipinski definition) is 0. The summed E-state index contributed by atoms with van der Waals surface area (Å²) in [5.41, 5.74) is 2.92. The molecule has 1 amide bonds. The molecule has 1 aliphatic rings. The molecule has 2 heterocycles. The highest BCUT2D eigenvalue weighted by Gasteiger charge is 2.40. The van der Waals surface area contributed by atoms with Gasteiger partial charge in [0.2, 0.25) is 5.91 Å². The molecule has 1 aromatic carbocycles. The van der Waals surface area contributed by atoms with Crippen LogP contribution in [-0.2, 0) is 15.0 Å². The van der Waals surface area contributed by atoms with Crippen LogP contribution in [0.15, 0.2) is 12.1 Å². The lowest BCUT2D eigenvalue weighted by Gasteiger charge is -2.11. The third-order valence-corrected chi connectivity index (χ3v) is 5.95. The second-order valence-electron chi connectivity index (χ2n) is 5.16. The van der Waals surface area contributed by atoms with Gasteiger partial charge in [-0.3, -0.25) is 9.69 Å². The molecule has 0 N–H and O–H groups in total. The Morgan fingerprint density at radius 1 is 1.38 bits per heavy atom. The number of anilines is 1. The summed E-state index contributed by atoms with van der Waals surface area (Å²) in [5.74, 6) is -0.408. The van der Waals surface area contributed by atoms with E-state index in [1.165, 1.54) is 16.2 Å². The molecule has 8 heteroatoms. The van der Waals surface area contributed by atoms with E-state index in [0.29, 0.717) is 5.13 Å². The first-order chi connectivity index (χ1) is 9.77. The molecule has 112 valence electrons. The molecule has 21 heavy (non-hydrogen) atoms. The van der Waals surface area contributed by atoms with Gasteiger partial charge in [0.05, 0.1) is 10.2 Å². The van der Waals surface area contributed by atoms with E-state index in [-0.39, 0.29) is 13.0 Å². The number of hydrogen-bond acceptors (Lipinski definition) is 5. The third-order valence-electron chi connectivity index (χ3n) is 3.79. The summed E-state index contributed by atoms with van der Waals surface area (Å²) in [4.78, 5) is 17.6. The first-order valence-corrected chi connectivity index (χ1v) is 8.64. The summed E-state index contributed by atoms with van der Waals surface area (Å²) in [6, 6.07) is 3.89.